The largest absolute Gasteiger partial charge is 0.327 e. The maximum Gasteiger partial charge on any atom is 0.225 e. The minimum Gasteiger partial charge on any atom is -0.327 e. The number of halogens is 1. The molecule has 0 spiro atoms. The molecule has 0 bridgehead atoms. The molecule has 96 valence electrons. The molecule has 0 saturated heterocycles. The molecule has 0 aromatic heterocycles. The SMILES string of the molecule is CCSc1cccc(NC(=O)CC(C)N)c1.Cl. The van der Waals surface area contributed by atoms with Crippen LogP contribution in [0.25, 0.3) is 0 Å². The Kier molecular flexibility index (Phi) is 8.04. The van der Waals surface area contributed by atoms with Crippen molar-refractivity contribution < 1.29 is 4.79 Å². The van der Waals surface area contributed by atoms with Gasteiger partial charge in [-0.25, -0.2) is 0 Å². The molecule has 3 N–H and O–H groups in total. The van der Waals surface area contributed by atoms with Crippen molar-refractivity contribution in [2.45, 2.75) is 31.2 Å². The number of benzene rings is 1. The van der Waals surface area contributed by atoms with Crippen LogP contribution in [0, 0.1) is 0 Å². The third-order valence-electron chi connectivity index (χ3n) is 1.94. The lowest BCUT2D eigenvalue weighted by molar-refractivity contribution is -0.116. The number of nitrogens with one attached hydrogen (secondary N) is 1. The molecule has 1 aromatic rings. The van der Waals surface area contributed by atoms with Crippen LogP contribution in [0.15, 0.2) is 29.2 Å². The summed E-state index contributed by atoms with van der Waals surface area (Å²) < 4.78 is 0. The van der Waals surface area contributed by atoms with Gasteiger partial charge in [-0.3, -0.25) is 4.79 Å². The van der Waals surface area contributed by atoms with Crippen LogP contribution in [0.1, 0.15) is 20.3 Å². The van der Waals surface area contributed by atoms with Crippen LogP contribution < -0.4 is 11.1 Å². The Labute approximate surface area is 113 Å². The van der Waals surface area contributed by atoms with Gasteiger partial charge in [-0.15, -0.1) is 24.2 Å². The maximum absolute atomic E-state index is 11.5. The van der Waals surface area contributed by atoms with Gasteiger partial charge >= 0.3 is 0 Å². The van der Waals surface area contributed by atoms with Gasteiger partial charge in [0, 0.05) is 23.0 Å². The third-order valence-corrected chi connectivity index (χ3v) is 2.81. The van der Waals surface area contributed by atoms with E-state index in [0.717, 1.165) is 11.4 Å². The van der Waals surface area contributed by atoms with Gasteiger partial charge in [0.15, 0.2) is 0 Å². The first kappa shape index (κ1) is 16.3. The van der Waals surface area contributed by atoms with Gasteiger partial charge in [0.25, 0.3) is 0 Å². The van der Waals surface area contributed by atoms with E-state index in [1.165, 1.54) is 4.90 Å². The average molecular weight is 275 g/mol. The van der Waals surface area contributed by atoms with E-state index in [-0.39, 0.29) is 24.4 Å². The van der Waals surface area contributed by atoms with E-state index >= 15 is 0 Å². The number of amides is 1. The molecule has 0 aliphatic carbocycles. The topological polar surface area (TPSA) is 55.1 Å². The molecule has 0 radical (unpaired) electrons. The average Bonchev–Trinajstić information content (AvgIpc) is 2.17. The van der Waals surface area contributed by atoms with Crippen molar-refractivity contribution in [2.75, 3.05) is 11.1 Å². The minimum absolute atomic E-state index is 0. The van der Waals surface area contributed by atoms with Crippen molar-refractivity contribution >= 4 is 35.8 Å². The Morgan fingerprint density at radius 3 is 2.82 bits per heavy atom. The lowest BCUT2D eigenvalue weighted by atomic mass is 10.2. The molecule has 0 saturated carbocycles. The summed E-state index contributed by atoms with van der Waals surface area (Å²) in [4.78, 5) is 12.7. The zero-order valence-corrected chi connectivity index (χ0v) is 11.7. The Morgan fingerprint density at radius 1 is 1.53 bits per heavy atom. The van der Waals surface area contributed by atoms with E-state index in [1.807, 2.05) is 31.2 Å². The molecule has 0 fully saturated rings. The molecule has 0 heterocycles. The molecule has 1 atom stereocenters. The number of carbonyl (C=O) groups is 1. The van der Waals surface area contributed by atoms with Crippen molar-refractivity contribution in [2.24, 2.45) is 5.73 Å². The summed E-state index contributed by atoms with van der Waals surface area (Å²) in [5, 5.41) is 2.84. The second-order valence-corrected chi connectivity index (χ2v) is 5.03. The van der Waals surface area contributed by atoms with Crippen LogP contribution in [0.4, 0.5) is 5.69 Å². The van der Waals surface area contributed by atoms with Gasteiger partial charge in [0.1, 0.15) is 0 Å². The number of rotatable bonds is 5. The van der Waals surface area contributed by atoms with E-state index < -0.39 is 0 Å². The summed E-state index contributed by atoms with van der Waals surface area (Å²) in [5.74, 6) is 0.991. The van der Waals surface area contributed by atoms with Crippen molar-refractivity contribution in [1.82, 2.24) is 0 Å². The van der Waals surface area contributed by atoms with Crippen LogP contribution in [0.2, 0.25) is 0 Å². The lowest BCUT2D eigenvalue weighted by Gasteiger charge is -2.08. The van der Waals surface area contributed by atoms with Gasteiger partial charge in [-0.05, 0) is 30.9 Å². The summed E-state index contributed by atoms with van der Waals surface area (Å²) >= 11 is 1.75. The van der Waals surface area contributed by atoms with Gasteiger partial charge in [0.05, 0.1) is 0 Å². The highest BCUT2D eigenvalue weighted by atomic mass is 35.5. The Balaban J connectivity index is 0.00000256. The minimum atomic E-state index is -0.104. The molecule has 17 heavy (non-hydrogen) atoms. The van der Waals surface area contributed by atoms with Crippen molar-refractivity contribution in [3.63, 3.8) is 0 Å². The van der Waals surface area contributed by atoms with Gasteiger partial charge < -0.3 is 11.1 Å². The van der Waals surface area contributed by atoms with E-state index in [4.69, 9.17) is 5.73 Å². The predicted molar refractivity (Wildman–Crippen MR) is 77.0 cm³/mol. The number of hydrogen-bond acceptors (Lipinski definition) is 3. The summed E-state index contributed by atoms with van der Waals surface area (Å²) in [5.41, 5.74) is 6.40. The monoisotopic (exact) mass is 274 g/mol. The van der Waals surface area contributed by atoms with Crippen molar-refractivity contribution in [3.05, 3.63) is 24.3 Å². The molecule has 1 aromatic carbocycles. The summed E-state index contributed by atoms with van der Waals surface area (Å²) in [7, 11) is 0. The number of anilines is 1. The van der Waals surface area contributed by atoms with E-state index in [2.05, 4.69) is 12.2 Å². The molecule has 3 nitrogen and oxygen atoms in total. The number of thioether (sulfide) groups is 1. The summed E-state index contributed by atoms with van der Waals surface area (Å²) in [6.07, 6.45) is 0.352. The number of hydrogen-bond donors (Lipinski definition) is 2. The van der Waals surface area contributed by atoms with E-state index in [1.54, 1.807) is 11.8 Å². The lowest BCUT2D eigenvalue weighted by Crippen LogP contribution is -2.23. The van der Waals surface area contributed by atoms with E-state index in [9.17, 15) is 4.79 Å². The van der Waals surface area contributed by atoms with E-state index in [0.29, 0.717) is 6.42 Å². The highest BCUT2D eigenvalue weighted by molar-refractivity contribution is 7.99. The molecule has 1 amide bonds. The first-order chi connectivity index (χ1) is 7.61. The molecule has 1 unspecified atom stereocenters. The van der Waals surface area contributed by atoms with Gasteiger partial charge in [-0.1, -0.05) is 13.0 Å². The zero-order chi connectivity index (χ0) is 12.0. The van der Waals surface area contributed by atoms with Gasteiger partial charge in [-0.2, -0.15) is 0 Å². The van der Waals surface area contributed by atoms with Crippen LogP contribution in [0.5, 0.6) is 0 Å². The second-order valence-electron chi connectivity index (χ2n) is 3.69. The van der Waals surface area contributed by atoms with Crippen LogP contribution >= 0.6 is 24.2 Å². The summed E-state index contributed by atoms with van der Waals surface area (Å²) in [6.45, 7) is 3.93. The highest BCUT2D eigenvalue weighted by Gasteiger charge is 2.05. The smallest absolute Gasteiger partial charge is 0.225 e. The Hall–Kier alpha value is -0.710. The van der Waals surface area contributed by atoms with Crippen molar-refractivity contribution in [1.29, 1.82) is 0 Å². The first-order valence-electron chi connectivity index (χ1n) is 5.40. The predicted octanol–water partition coefficient (Wildman–Crippen LogP) is 2.90. The van der Waals surface area contributed by atoms with Crippen LogP contribution in [-0.4, -0.2) is 17.7 Å². The Morgan fingerprint density at radius 2 is 2.24 bits per heavy atom. The molecular weight excluding hydrogens is 256 g/mol. The zero-order valence-electron chi connectivity index (χ0n) is 10.1. The maximum atomic E-state index is 11.5. The molecule has 5 heteroatoms. The molecule has 1 rings (SSSR count). The summed E-state index contributed by atoms with van der Waals surface area (Å²) in [6, 6.07) is 7.74. The molecule has 0 aliphatic heterocycles. The fourth-order valence-electron chi connectivity index (χ4n) is 1.33. The number of carbonyl (C=O) groups excluding carboxylic acids is 1. The van der Waals surface area contributed by atoms with Crippen LogP contribution in [0.3, 0.4) is 0 Å². The fourth-order valence-corrected chi connectivity index (χ4v) is 2.05. The van der Waals surface area contributed by atoms with Crippen LogP contribution in [-0.2, 0) is 4.79 Å². The van der Waals surface area contributed by atoms with Crippen molar-refractivity contribution in [3.8, 4) is 0 Å². The normalized spacial score (nSPS) is 11.5. The fraction of sp³-hybridized carbons (Fsp3) is 0.417. The van der Waals surface area contributed by atoms with Gasteiger partial charge in [0.2, 0.25) is 5.91 Å². The highest BCUT2D eigenvalue weighted by Crippen LogP contribution is 2.21. The third kappa shape index (κ3) is 6.56. The molecule has 0 aliphatic rings. The first-order valence-corrected chi connectivity index (χ1v) is 6.38. The number of nitrogens with two attached hydrogens (primary N) is 1. The standard InChI is InChI=1S/C12H18N2OS.ClH/c1-3-16-11-6-4-5-10(8-11)14-12(15)7-9(2)13;/h4-6,8-9H,3,7,13H2,1-2H3,(H,14,15);1H. The second kappa shape index (κ2) is 8.39. The quantitative estimate of drug-likeness (QED) is 0.812. The molecular formula is C12H19ClN2OS. The Bertz CT molecular complexity index is 358.